The van der Waals surface area contributed by atoms with Crippen LogP contribution in [-0.2, 0) is 17.1 Å². The molecule has 7 nitrogen and oxygen atoms in total. The monoisotopic (exact) mass is 345 g/mol. The van der Waals surface area contributed by atoms with Crippen molar-refractivity contribution < 1.29 is 8.42 Å². The van der Waals surface area contributed by atoms with Crippen LogP contribution >= 0.6 is 0 Å². The van der Waals surface area contributed by atoms with Gasteiger partial charge in [-0.3, -0.25) is 4.68 Å². The fourth-order valence-corrected chi connectivity index (χ4v) is 5.10. The average molecular weight is 345 g/mol. The topological polar surface area (TPSA) is 83.9 Å². The van der Waals surface area contributed by atoms with Gasteiger partial charge in [0.25, 0.3) is 0 Å². The number of sulfonamides is 1. The molecular weight excluding hydrogens is 326 g/mol. The first-order valence-corrected chi connectivity index (χ1v) is 9.37. The van der Waals surface area contributed by atoms with Crippen molar-refractivity contribution in [3.63, 3.8) is 0 Å². The molecule has 0 aromatic carbocycles. The van der Waals surface area contributed by atoms with Crippen LogP contribution in [-0.4, -0.2) is 39.0 Å². The van der Waals surface area contributed by atoms with Gasteiger partial charge in [0.1, 0.15) is 4.90 Å². The highest BCUT2D eigenvalue weighted by Gasteiger charge is 2.37. The van der Waals surface area contributed by atoms with Crippen LogP contribution in [0.2, 0.25) is 0 Å². The van der Waals surface area contributed by atoms with Crippen molar-refractivity contribution in [1.82, 2.24) is 24.1 Å². The summed E-state index contributed by atoms with van der Waals surface area (Å²) in [5.74, 6) is 0. The normalized spacial score (nSPS) is 19.3. The zero-order valence-electron chi connectivity index (χ0n) is 13.6. The van der Waals surface area contributed by atoms with Crippen molar-refractivity contribution in [3.8, 4) is 0 Å². The summed E-state index contributed by atoms with van der Waals surface area (Å²) in [5.41, 5.74) is 2.40. The molecule has 1 atom stereocenters. The van der Waals surface area contributed by atoms with Crippen LogP contribution in [0.15, 0.2) is 35.5 Å². The molecule has 0 bridgehead atoms. The number of rotatable bonds is 3. The Morgan fingerprint density at radius 2 is 2.21 bits per heavy atom. The summed E-state index contributed by atoms with van der Waals surface area (Å²) in [5, 5.41) is 5.08. The first-order valence-electron chi connectivity index (χ1n) is 7.93. The molecule has 1 fully saturated rings. The van der Waals surface area contributed by atoms with Crippen LogP contribution in [0.3, 0.4) is 0 Å². The number of nitrogens with one attached hydrogen (secondary N) is 1. The SMILES string of the molecule is Cc1nn(C)c2ncc(S(=O)(=O)N3CCCC3c3ccc[nH]3)cc12. The third-order valence-corrected chi connectivity index (χ3v) is 6.50. The van der Waals surface area contributed by atoms with Crippen LogP contribution in [0.4, 0.5) is 0 Å². The summed E-state index contributed by atoms with van der Waals surface area (Å²) >= 11 is 0. The maximum atomic E-state index is 13.1. The van der Waals surface area contributed by atoms with E-state index < -0.39 is 10.0 Å². The molecule has 3 aromatic rings. The van der Waals surface area contributed by atoms with Gasteiger partial charge >= 0.3 is 0 Å². The van der Waals surface area contributed by atoms with Crippen molar-refractivity contribution in [3.05, 3.63) is 42.0 Å². The third-order valence-electron chi connectivity index (χ3n) is 4.63. The first kappa shape index (κ1) is 15.3. The summed E-state index contributed by atoms with van der Waals surface area (Å²) in [4.78, 5) is 7.68. The molecule has 3 aromatic heterocycles. The fourth-order valence-electron chi connectivity index (χ4n) is 3.46. The lowest BCUT2D eigenvalue weighted by Crippen LogP contribution is -2.31. The number of pyridine rings is 1. The van der Waals surface area contributed by atoms with Gasteiger partial charge in [0, 0.05) is 37.1 Å². The second kappa shape index (κ2) is 5.42. The molecule has 1 unspecified atom stereocenters. The van der Waals surface area contributed by atoms with Crippen molar-refractivity contribution in [2.75, 3.05) is 6.54 Å². The van der Waals surface area contributed by atoms with Gasteiger partial charge in [0.2, 0.25) is 10.0 Å². The standard InChI is InChI=1S/C16H19N5O2S/c1-11-13-9-12(10-18-16(13)20(2)19-11)24(22,23)21-8-4-6-15(21)14-5-3-7-17-14/h3,5,7,9-10,15,17H,4,6,8H2,1-2H3. The minimum absolute atomic E-state index is 0.143. The minimum Gasteiger partial charge on any atom is -0.364 e. The van der Waals surface area contributed by atoms with Gasteiger partial charge in [-0.25, -0.2) is 13.4 Å². The molecule has 24 heavy (non-hydrogen) atoms. The number of aryl methyl sites for hydroxylation is 2. The highest BCUT2D eigenvalue weighted by atomic mass is 32.2. The van der Waals surface area contributed by atoms with E-state index in [9.17, 15) is 8.42 Å². The van der Waals surface area contributed by atoms with Crippen LogP contribution in [0.25, 0.3) is 11.0 Å². The predicted octanol–water partition coefficient (Wildman–Crippen LogP) is 2.13. The van der Waals surface area contributed by atoms with Gasteiger partial charge in [-0.2, -0.15) is 9.40 Å². The Kier molecular flexibility index (Phi) is 3.47. The molecule has 1 saturated heterocycles. The Balaban J connectivity index is 1.78. The van der Waals surface area contributed by atoms with E-state index in [0.29, 0.717) is 12.2 Å². The number of nitrogens with zero attached hydrogens (tertiary/aromatic N) is 4. The van der Waals surface area contributed by atoms with Gasteiger partial charge in [-0.1, -0.05) is 0 Å². The number of hydrogen-bond acceptors (Lipinski definition) is 4. The minimum atomic E-state index is -3.60. The number of aromatic nitrogens is 4. The highest BCUT2D eigenvalue weighted by Crippen LogP contribution is 2.36. The van der Waals surface area contributed by atoms with E-state index in [4.69, 9.17) is 0 Å². The number of H-pyrrole nitrogens is 1. The highest BCUT2D eigenvalue weighted by molar-refractivity contribution is 7.89. The third kappa shape index (κ3) is 2.25. The molecule has 1 aliphatic heterocycles. The van der Waals surface area contributed by atoms with Crippen molar-refractivity contribution >= 4 is 21.1 Å². The molecule has 0 aliphatic carbocycles. The maximum Gasteiger partial charge on any atom is 0.245 e. The van der Waals surface area contributed by atoms with Crippen LogP contribution in [0.5, 0.6) is 0 Å². The van der Waals surface area contributed by atoms with Crippen molar-refractivity contribution in [2.45, 2.75) is 30.7 Å². The number of hydrogen-bond donors (Lipinski definition) is 1. The lowest BCUT2D eigenvalue weighted by molar-refractivity contribution is 0.391. The van der Waals surface area contributed by atoms with Gasteiger partial charge in [0.15, 0.2) is 5.65 Å². The van der Waals surface area contributed by atoms with Crippen molar-refractivity contribution in [2.24, 2.45) is 7.05 Å². The lowest BCUT2D eigenvalue weighted by Gasteiger charge is -2.23. The molecular formula is C16H19N5O2S. The molecule has 1 aliphatic rings. The van der Waals surface area contributed by atoms with Crippen LogP contribution in [0, 0.1) is 6.92 Å². The molecule has 8 heteroatoms. The van der Waals surface area contributed by atoms with Crippen LogP contribution < -0.4 is 0 Å². The zero-order chi connectivity index (χ0) is 16.9. The van der Waals surface area contributed by atoms with Gasteiger partial charge in [0.05, 0.1) is 11.7 Å². The molecule has 0 spiro atoms. The van der Waals surface area contributed by atoms with E-state index in [0.717, 1.165) is 29.6 Å². The summed E-state index contributed by atoms with van der Waals surface area (Å²) in [6.07, 6.45) is 4.93. The number of fused-ring (bicyclic) bond motifs is 1. The van der Waals surface area contributed by atoms with Gasteiger partial charge in [-0.15, -0.1) is 0 Å². The Hall–Kier alpha value is -2.19. The maximum absolute atomic E-state index is 13.1. The lowest BCUT2D eigenvalue weighted by atomic mass is 10.2. The molecule has 4 rings (SSSR count). The molecule has 0 saturated carbocycles. The predicted molar refractivity (Wildman–Crippen MR) is 89.9 cm³/mol. The average Bonchev–Trinajstić information content (AvgIpc) is 3.28. The molecule has 126 valence electrons. The Morgan fingerprint density at radius 1 is 1.38 bits per heavy atom. The van der Waals surface area contributed by atoms with E-state index in [-0.39, 0.29) is 10.9 Å². The second-order valence-corrected chi connectivity index (χ2v) is 8.04. The van der Waals surface area contributed by atoms with E-state index in [2.05, 4.69) is 15.1 Å². The first-order chi connectivity index (χ1) is 11.5. The molecule has 1 N–H and O–H groups in total. The zero-order valence-corrected chi connectivity index (χ0v) is 14.4. The summed E-state index contributed by atoms with van der Waals surface area (Å²) in [7, 11) is -1.80. The van der Waals surface area contributed by atoms with Gasteiger partial charge < -0.3 is 4.98 Å². The fraction of sp³-hybridized carbons (Fsp3) is 0.375. The quantitative estimate of drug-likeness (QED) is 0.788. The summed E-state index contributed by atoms with van der Waals surface area (Å²) in [6.45, 7) is 2.38. The Bertz CT molecular complexity index is 991. The second-order valence-electron chi connectivity index (χ2n) is 6.15. The van der Waals surface area contributed by atoms with E-state index in [1.807, 2.05) is 25.3 Å². The Labute approximate surface area is 140 Å². The largest absolute Gasteiger partial charge is 0.364 e. The van der Waals surface area contributed by atoms with E-state index >= 15 is 0 Å². The molecule has 0 amide bonds. The van der Waals surface area contributed by atoms with E-state index in [1.165, 1.54) is 6.20 Å². The van der Waals surface area contributed by atoms with Crippen LogP contribution in [0.1, 0.15) is 30.3 Å². The van der Waals surface area contributed by atoms with E-state index in [1.54, 1.807) is 22.1 Å². The summed E-state index contributed by atoms with van der Waals surface area (Å²) < 4.78 is 29.5. The van der Waals surface area contributed by atoms with Crippen molar-refractivity contribution in [1.29, 1.82) is 0 Å². The van der Waals surface area contributed by atoms with Gasteiger partial charge in [-0.05, 0) is 38.0 Å². The molecule has 0 radical (unpaired) electrons. The summed E-state index contributed by atoms with van der Waals surface area (Å²) in [6, 6.07) is 5.37. The smallest absolute Gasteiger partial charge is 0.245 e. The Morgan fingerprint density at radius 3 is 2.96 bits per heavy atom. The molecule has 4 heterocycles. The number of aromatic amines is 1.